The summed E-state index contributed by atoms with van der Waals surface area (Å²) in [5, 5.41) is 5.88. The first kappa shape index (κ1) is 20.9. The number of nitrogens with one attached hydrogen (secondary N) is 1. The van der Waals surface area contributed by atoms with Gasteiger partial charge in [0.2, 0.25) is 5.91 Å². The lowest BCUT2D eigenvalue weighted by Crippen LogP contribution is -2.07. The lowest BCUT2D eigenvalue weighted by Gasteiger charge is -2.10. The Labute approximate surface area is 179 Å². The average Bonchev–Trinajstić information content (AvgIpc) is 3.19. The number of methoxy groups -OCH3 is 1. The van der Waals surface area contributed by atoms with Gasteiger partial charge in [-0.05, 0) is 42.3 Å². The molecule has 3 rings (SSSR count). The molecule has 0 saturated heterocycles. The van der Waals surface area contributed by atoms with Gasteiger partial charge in [0.25, 0.3) is 0 Å². The van der Waals surface area contributed by atoms with Crippen molar-refractivity contribution in [3.8, 4) is 22.8 Å². The van der Waals surface area contributed by atoms with Crippen LogP contribution in [-0.2, 0) is 4.79 Å². The van der Waals surface area contributed by atoms with Crippen LogP contribution in [0.25, 0.3) is 17.3 Å². The van der Waals surface area contributed by atoms with Gasteiger partial charge in [-0.1, -0.05) is 36.7 Å². The zero-order chi connectivity index (χ0) is 20.6. The molecule has 5 nitrogen and oxygen atoms in total. The maximum absolute atomic E-state index is 12.2. The molecule has 0 aliphatic heterocycles. The SMILES string of the molecule is CCCOc1ccc(/C=C/C(=O)Nc2nc(-c3ccc(Cl)cc3)cs2)cc1OC. The molecular formula is C22H21ClN2O3S. The Bertz CT molecular complexity index is 1000. The predicted molar refractivity (Wildman–Crippen MR) is 119 cm³/mol. The summed E-state index contributed by atoms with van der Waals surface area (Å²) in [5.74, 6) is 1.06. The smallest absolute Gasteiger partial charge is 0.250 e. The number of ether oxygens (including phenoxy) is 2. The normalized spacial score (nSPS) is 10.9. The molecule has 0 aliphatic rings. The summed E-state index contributed by atoms with van der Waals surface area (Å²) < 4.78 is 11.0. The van der Waals surface area contributed by atoms with Crippen LogP contribution >= 0.6 is 22.9 Å². The number of halogens is 1. The van der Waals surface area contributed by atoms with Crippen molar-refractivity contribution < 1.29 is 14.3 Å². The van der Waals surface area contributed by atoms with Gasteiger partial charge in [0.15, 0.2) is 16.6 Å². The lowest BCUT2D eigenvalue weighted by molar-refractivity contribution is -0.111. The standard InChI is InChI=1S/C22H21ClN2O3S/c1-3-12-28-19-10-4-15(13-20(19)27-2)5-11-21(26)25-22-24-18(14-29-22)16-6-8-17(23)9-7-16/h4-11,13-14H,3,12H2,1-2H3,(H,24,25,26)/b11-5+. The molecule has 0 unspecified atom stereocenters. The van der Waals surface area contributed by atoms with Gasteiger partial charge in [-0.3, -0.25) is 10.1 Å². The van der Waals surface area contributed by atoms with Gasteiger partial charge in [-0.15, -0.1) is 11.3 Å². The van der Waals surface area contributed by atoms with Crippen molar-refractivity contribution >= 4 is 40.1 Å². The lowest BCUT2D eigenvalue weighted by atomic mass is 10.2. The fraction of sp³-hybridized carbons (Fsp3) is 0.182. The summed E-state index contributed by atoms with van der Waals surface area (Å²) in [4.78, 5) is 16.7. The van der Waals surface area contributed by atoms with E-state index >= 15 is 0 Å². The molecule has 0 bridgehead atoms. The topological polar surface area (TPSA) is 60.5 Å². The average molecular weight is 429 g/mol. The fourth-order valence-electron chi connectivity index (χ4n) is 2.52. The van der Waals surface area contributed by atoms with Gasteiger partial charge in [0.1, 0.15) is 0 Å². The van der Waals surface area contributed by atoms with Crippen molar-refractivity contribution in [3.63, 3.8) is 0 Å². The third-order valence-electron chi connectivity index (χ3n) is 3.95. The maximum Gasteiger partial charge on any atom is 0.250 e. The molecule has 29 heavy (non-hydrogen) atoms. The van der Waals surface area contributed by atoms with Gasteiger partial charge in [0, 0.05) is 22.0 Å². The van der Waals surface area contributed by atoms with Crippen LogP contribution in [0.1, 0.15) is 18.9 Å². The number of hydrogen-bond donors (Lipinski definition) is 1. The van der Waals surface area contributed by atoms with E-state index < -0.39 is 0 Å². The molecule has 3 aromatic rings. The predicted octanol–water partition coefficient (Wildman–Crippen LogP) is 5.91. The van der Waals surface area contributed by atoms with Crippen LogP contribution in [0.2, 0.25) is 5.02 Å². The van der Waals surface area contributed by atoms with Crippen molar-refractivity contribution in [1.29, 1.82) is 0 Å². The van der Waals surface area contributed by atoms with E-state index in [1.54, 1.807) is 13.2 Å². The Balaban J connectivity index is 1.63. The number of anilines is 1. The molecule has 1 N–H and O–H groups in total. The van der Waals surface area contributed by atoms with Crippen LogP contribution in [0.5, 0.6) is 11.5 Å². The van der Waals surface area contributed by atoms with Gasteiger partial charge in [-0.25, -0.2) is 4.98 Å². The highest BCUT2D eigenvalue weighted by Crippen LogP contribution is 2.29. The minimum absolute atomic E-state index is 0.257. The zero-order valence-corrected chi connectivity index (χ0v) is 17.7. The first-order valence-corrected chi connectivity index (χ1v) is 10.4. The largest absolute Gasteiger partial charge is 0.493 e. The third-order valence-corrected chi connectivity index (χ3v) is 4.96. The number of carbonyl (C=O) groups excluding carboxylic acids is 1. The fourth-order valence-corrected chi connectivity index (χ4v) is 3.37. The minimum atomic E-state index is -0.257. The van der Waals surface area contributed by atoms with E-state index in [4.69, 9.17) is 21.1 Å². The summed E-state index contributed by atoms with van der Waals surface area (Å²) in [7, 11) is 1.59. The summed E-state index contributed by atoms with van der Waals surface area (Å²) in [6, 6.07) is 12.9. The molecule has 0 fully saturated rings. The summed E-state index contributed by atoms with van der Waals surface area (Å²) in [5.41, 5.74) is 2.57. The minimum Gasteiger partial charge on any atom is -0.493 e. The second-order valence-corrected chi connectivity index (χ2v) is 7.42. The zero-order valence-electron chi connectivity index (χ0n) is 16.1. The first-order valence-electron chi connectivity index (χ1n) is 9.10. The molecule has 1 amide bonds. The van der Waals surface area contributed by atoms with E-state index in [9.17, 15) is 4.79 Å². The Morgan fingerprint density at radius 2 is 2.00 bits per heavy atom. The van der Waals surface area contributed by atoms with Crippen molar-refractivity contribution in [2.45, 2.75) is 13.3 Å². The molecule has 0 spiro atoms. The summed E-state index contributed by atoms with van der Waals surface area (Å²) in [6.07, 6.45) is 4.10. The second-order valence-electron chi connectivity index (χ2n) is 6.13. The Morgan fingerprint density at radius 1 is 1.21 bits per heavy atom. The monoisotopic (exact) mass is 428 g/mol. The highest BCUT2D eigenvalue weighted by atomic mass is 35.5. The molecule has 2 aromatic carbocycles. The van der Waals surface area contributed by atoms with Gasteiger partial charge in [-0.2, -0.15) is 0 Å². The van der Waals surface area contributed by atoms with Crippen LogP contribution in [-0.4, -0.2) is 24.6 Å². The van der Waals surface area contributed by atoms with E-state index in [0.717, 1.165) is 23.2 Å². The number of rotatable bonds is 8. The Morgan fingerprint density at radius 3 is 2.72 bits per heavy atom. The number of nitrogens with zero attached hydrogens (tertiary/aromatic N) is 1. The Kier molecular flexibility index (Phi) is 7.27. The van der Waals surface area contributed by atoms with Crippen molar-refractivity contribution in [1.82, 2.24) is 4.98 Å². The third kappa shape index (κ3) is 5.82. The summed E-state index contributed by atoms with van der Waals surface area (Å²) >= 11 is 7.28. The molecule has 150 valence electrons. The highest BCUT2D eigenvalue weighted by molar-refractivity contribution is 7.14. The van der Waals surface area contributed by atoms with E-state index in [1.165, 1.54) is 17.4 Å². The number of aromatic nitrogens is 1. The summed E-state index contributed by atoms with van der Waals surface area (Å²) in [6.45, 7) is 2.67. The van der Waals surface area contributed by atoms with Gasteiger partial charge >= 0.3 is 0 Å². The van der Waals surface area contributed by atoms with E-state index in [0.29, 0.717) is 28.3 Å². The van der Waals surface area contributed by atoms with Crippen LogP contribution < -0.4 is 14.8 Å². The van der Waals surface area contributed by atoms with Crippen LogP contribution in [0.3, 0.4) is 0 Å². The Hall–Kier alpha value is -2.83. The number of benzene rings is 2. The van der Waals surface area contributed by atoms with Crippen LogP contribution in [0.4, 0.5) is 5.13 Å². The molecule has 7 heteroatoms. The van der Waals surface area contributed by atoms with E-state index in [1.807, 2.05) is 54.8 Å². The highest BCUT2D eigenvalue weighted by Gasteiger charge is 2.07. The number of amides is 1. The quantitative estimate of drug-likeness (QED) is 0.453. The molecule has 0 radical (unpaired) electrons. The van der Waals surface area contributed by atoms with Crippen LogP contribution in [0, 0.1) is 0 Å². The van der Waals surface area contributed by atoms with Gasteiger partial charge in [0.05, 0.1) is 19.4 Å². The number of thiazole rings is 1. The number of carbonyl (C=O) groups is 1. The number of hydrogen-bond acceptors (Lipinski definition) is 5. The van der Waals surface area contributed by atoms with E-state index in [-0.39, 0.29) is 5.91 Å². The van der Waals surface area contributed by atoms with Crippen molar-refractivity contribution in [2.75, 3.05) is 19.0 Å². The van der Waals surface area contributed by atoms with Crippen molar-refractivity contribution in [3.05, 3.63) is 64.5 Å². The first-order chi connectivity index (χ1) is 14.1. The second kappa shape index (κ2) is 10.1. The van der Waals surface area contributed by atoms with Gasteiger partial charge < -0.3 is 9.47 Å². The maximum atomic E-state index is 12.2. The molecule has 0 aliphatic carbocycles. The van der Waals surface area contributed by atoms with Crippen LogP contribution in [0.15, 0.2) is 53.9 Å². The molecule has 1 aromatic heterocycles. The molecule has 1 heterocycles. The molecule has 0 atom stereocenters. The molecular weight excluding hydrogens is 408 g/mol. The van der Waals surface area contributed by atoms with Crippen molar-refractivity contribution in [2.24, 2.45) is 0 Å². The molecule has 0 saturated carbocycles. The van der Waals surface area contributed by atoms with E-state index in [2.05, 4.69) is 10.3 Å².